The van der Waals surface area contributed by atoms with Gasteiger partial charge in [0, 0.05) is 5.56 Å². The number of halogens is 2. The van der Waals surface area contributed by atoms with E-state index in [0.29, 0.717) is 11.5 Å². The lowest BCUT2D eigenvalue weighted by atomic mass is 9.66. The second-order valence-corrected chi connectivity index (χ2v) is 9.90. The summed E-state index contributed by atoms with van der Waals surface area (Å²) in [5.41, 5.74) is 1.22. The number of hydrogen-bond acceptors (Lipinski definition) is 1. The van der Waals surface area contributed by atoms with E-state index in [-0.39, 0.29) is 0 Å². The third-order valence-electron chi connectivity index (χ3n) is 8.29. The van der Waals surface area contributed by atoms with Crippen molar-refractivity contribution in [3.8, 4) is 5.75 Å². The number of allylic oxidation sites excluding steroid dienone is 4. The zero-order valence-electron chi connectivity index (χ0n) is 18.3. The van der Waals surface area contributed by atoms with E-state index in [2.05, 4.69) is 25.2 Å². The van der Waals surface area contributed by atoms with Gasteiger partial charge in [-0.3, -0.25) is 0 Å². The second kappa shape index (κ2) is 9.66. The van der Waals surface area contributed by atoms with Crippen LogP contribution in [0.25, 0.3) is 5.57 Å². The molecule has 1 aromatic rings. The molecule has 1 N–H and O–H groups in total. The second-order valence-electron chi connectivity index (χ2n) is 9.90. The molecular weight excluding hydrogens is 378 g/mol. The van der Waals surface area contributed by atoms with Gasteiger partial charge in [-0.05, 0) is 125 Å². The molecule has 0 aliphatic heterocycles. The minimum atomic E-state index is -1.13. The van der Waals surface area contributed by atoms with Crippen molar-refractivity contribution >= 4 is 5.57 Å². The van der Waals surface area contributed by atoms with E-state index in [4.69, 9.17) is 0 Å². The quantitative estimate of drug-likeness (QED) is 0.494. The highest BCUT2D eigenvalue weighted by atomic mass is 19.2. The van der Waals surface area contributed by atoms with Crippen molar-refractivity contribution in [2.24, 2.45) is 29.6 Å². The van der Waals surface area contributed by atoms with Crippen LogP contribution in [0.15, 0.2) is 30.4 Å². The van der Waals surface area contributed by atoms with Gasteiger partial charge in [-0.25, -0.2) is 4.39 Å². The normalized spacial score (nSPS) is 32.9. The molecule has 30 heavy (non-hydrogen) atoms. The van der Waals surface area contributed by atoms with E-state index in [1.54, 1.807) is 0 Å². The van der Waals surface area contributed by atoms with Crippen molar-refractivity contribution < 1.29 is 13.9 Å². The van der Waals surface area contributed by atoms with Gasteiger partial charge in [0.2, 0.25) is 5.82 Å². The van der Waals surface area contributed by atoms with Gasteiger partial charge in [-0.1, -0.05) is 18.2 Å². The van der Waals surface area contributed by atoms with Crippen molar-refractivity contribution in [2.45, 2.75) is 77.6 Å². The van der Waals surface area contributed by atoms with Crippen molar-refractivity contribution in [2.75, 3.05) is 0 Å². The van der Waals surface area contributed by atoms with Crippen molar-refractivity contribution in [1.29, 1.82) is 0 Å². The molecule has 2 saturated carbocycles. The average Bonchev–Trinajstić information content (AvgIpc) is 2.79. The largest absolute Gasteiger partial charge is 0.505 e. The summed E-state index contributed by atoms with van der Waals surface area (Å²) in [6, 6.07) is 2.77. The summed E-state index contributed by atoms with van der Waals surface area (Å²) < 4.78 is 27.9. The minimum absolute atomic E-state index is 0.320. The molecule has 0 heterocycles. The molecule has 1 aromatic carbocycles. The number of hydrogen-bond donors (Lipinski definition) is 1. The molecule has 3 aliphatic carbocycles. The number of rotatable bonds is 4. The lowest BCUT2D eigenvalue weighted by Gasteiger charge is -2.40. The maximum Gasteiger partial charge on any atom is 0.200 e. The maximum atomic E-state index is 14.2. The van der Waals surface area contributed by atoms with Crippen LogP contribution in [0, 0.1) is 41.2 Å². The molecule has 1 atom stereocenters. The molecule has 0 radical (unpaired) electrons. The Hall–Kier alpha value is -1.64. The Morgan fingerprint density at radius 2 is 1.40 bits per heavy atom. The molecular formula is C27H36F2O. The topological polar surface area (TPSA) is 20.2 Å². The van der Waals surface area contributed by atoms with Crippen LogP contribution in [0.3, 0.4) is 0 Å². The highest BCUT2D eigenvalue weighted by Crippen LogP contribution is 2.46. The minimum Gasteiger partial charge on any atom is -0.505 e. The van der Waals surface area contributed by atoms with Crippen LogP contribution in [-0.4, -0.2) is 5.11 Å². The summed E-state index contributed by atoms with van der Waals surface area (Å²) in [5, 5.41) is 9.35. The van der Waals surface area contributed by atoms with Crippen LogP contribution in [0.1, 0.15) is 83.1 Å². The Morgan fingerprint density at radius 3 is 1.97 bits per heavy atom. The Bertz CT molecular complexity index is 780. The van der Waals surface area contributed by atoms with Crippen molar-refractivity contribution in [3.63, 3.8) is 0 Å². The van der Waals surface area contributed by atoms with E-state index >= 15 is 0 Å². The SMILES string of the molecule is C/C=C/C1CCC(C2CCC(C3CC=C(c4ccc(O)c(F)c4F)CC3)CC2)CC1. The Labute approximate surface area is 180 Å². The lowest BCUT2D eigenvalue weighted by Crippen LogP contribution is -2.28. The first-order valence-corrected chi connectivity index (χ1v) is 12.1. The molecule has 4 rings (SSSR count). The van der Waals surface area contributed by atoms with Crippen LogP contribution in [-0.2, 0) is 0 Å². The smallest absolute Gasteiger partial charge is 0.200 e. The maximum absolute atomic E-state index is 14.2. The van der Waals surface area contributed by atoms with Crippen LogP contribution in [0.4, 0.5) is 8.78 Å². The van der Waals surface area contributed by atoms with Crippen molar-refractivity contribution in [3.05, 3.63) is 47.6 Å². The predicted molar refractivity (Wildman–Crippen MR) is 119 cm³/mol. The first-order valence-electron chi connectivity index (χ1n) is 12.1. The molecule has 0 aromatic heterocycles. The molecule has 0 saturated heterocycles. The third-order valence-corrected chi connectivity index (χ3v) is 8.29. The first-order chi connectivity index (χ1) is 14.6. The third kappa shape index (κ3) is 4.65. The predicted octanol–water partition coefficient (Wildman–Crippen LogP) is 8.04. The monoisotopic (exact) mass is 414 g/mol. The summed E-state index contributed by atoms with van der Waals surface area (Å²) in [6.45, 7) is 2.14. The van der Waals surface area contributed by atoms with Crippen LogP contribution < -0.4 is 0 Å². The van der Waals surface area contributed by atoms with E-state index < -0.39 is 17.4 Å². The first kappa shape index (κ1) is 21.6. The molecule has 1 unspecified atom stereocenters. The standard InChI is InChI=1S/C27H36F2O/c1-2-3-18-4-6-19(7-5-18)20-8-10-21(11-9-20)22-12-14-23(15-13-22)24-16-17-25(30)27(29)26(24)28/h2-3,14,16-22,30H,4-13,15H2,1H3/b3-2+. The van der Waals surface area contributed by atoms with Gasteiger partial charge in [0.05, 0.1) is 0 Å². The number of phenols is 1. The number of phenolic OH excluding ortho intramolecular Hbond substituents is 1. The van der Waals surface area contributed by atoms with Gasteiger partial charge >= 0.3 is 0 Å². The van der Waals surface area contributed by atoms with Gasteiger partial charge in [-0.2, -0.15) is 4.39 Å². The Balaban J connectivity index is 1.28. The van der Waals surface area contributed by atoms with Gasteiger partial charge in [-0.15, -0.1) is 0 Å². The fourth-order valence-corrected chi connectivity index (χ4v) is 6.48. The Kier molecular flexibility index (Phi) is 6.95. The lowest BCUT2D eigenvalue weighted by molar-refractivity contribution is 0.128. The molecule has 0 bridgehead atoms. The van der Waals surface area contributed by atoms with Crippen LogP contribution in [0.2, 0.25) is 0 Å². The summed E-state index contributed by atoms with van der Waals surface area (Å²) in [7, 11) is 0. The fourth-order valence-electron chi connectivity index (χ4n) is 6.48. The molecule has 3 aliphatic rings. The molecule has 0 spiro atoms. The summed E-state index contributed by atoms with van der Waals surface area (Å²) in [6.07, 6.45) is 20.6. The molecule has 1 nitrogen and oxygen atoms in total. The molecule has 0 amide bonds. The van der Waals surface area contributed by atoms with Crippen molar-refractivity contribution in [1.82, 2.24) is 0 Å². The molecule has 2 fully saturated rings. The van der Waals surface area contributed by atoms with Gasteiger partial charge < -0.3 is 5.11 Å². The highest BCUT2D eigenvalue weighted by Gasteiger charge is 2.33. The zero-order chi connectivity index (χ0) is 21.1. The van der Waals surface area contributed by atoms with Gasteiger partial charge in [0.15, 0.2) is 11.6 Å². The fraction of sp³-hybridized carbons (Fsp3) is 0.630. The van der Waals surface area contributed by atoms with E-state index in [9.17, 15) is 13.9 Å². The van der Waals surface area contributed by atoms with E-state index in [1.807, 2.05) is 0 Å². The summed E-state index contributed by atoms with van der Waals surface area (Å²) in [4.78, 5) is 0. The molecule has 3 heteroatoms. The van der Waals surface area contributed by atoms with Crippen LogP contribution in [0.5, 0.6) is 5.75 Å². The Morgan fingerprint density at radius 1 is 0.800 bits per heavy atom. The van der Waals surface area contributed by atoms with Gasteiger partial charge in [0.25, 0.3) is 0 Å². The summed E-state index contributed by atoms with van der Waals surface area (Å²) in [5.74, 6) is 1.51. The number of aromatic hydroxyl groups is 1. The van der Waals surface area contributed by atoms with Crippen LogP contribution >= 0.6 is 0 Å². The highest BCUT2D eigenvalue weighted by molar-refractivity contribution is 5.67. The zero-order valence-corrected chi connectivity index (χ0v) is 18.3. The average molecular weight is 415 g/mol. The summed E-state index contributed by atoms with van der Waals surface area (Å²) >= 11 is 0. The van der Waals surface area contributed by atoms with E-state index in [1.165, 1.54) is 63.5 Å². The van der Waals surface area contributed by atoms with E-state index in [0.717, 1.165) is 48.5 Å². The van der Waals surface area contributed by atoms with Gasteiger partial charge in [0.1, 0.15) is 0 Å². The number of benzene rings is 1. The molecule has 164 valence electrons.